The molecule has 0 aromatic heterocycles. The maximum atomic E-state index is 12.4. The van der Waals surface area contributed by atoms with Crippen LogP contribution >= 0.6 is 11.8 Å². The van der Waals surface area contributed by atoms with Gasteiger partial charge < -0.3 is 5.32 Å². The van der Waals surface area contributed by atoms with E-state index >= 15 is 0 Å². The van der Waals surface area contributed by atoms with Crippen molar-refractivity contribution in [2.24, 2.45) is 4.99 Å². The van der Waals surface area contributed by atoms with Crippen LogP contribution in [0.2, 0.25) is 0 Å². The predicted octanol–water partition coefficient (Wildman–Crippen LogP) is 5.21. The molecule has 124 valence electrons. The number of benzene rings is 2. The number of nitrogens with zero attached hydrogens (tertiary/aromatic N) is 1. The molecule has 0 saturated carbocycles. The van der Waals surface area contributed by atoms with E-state index in [0.29, 0.717) is 5.56 Å². The van der Waals surface area contributed by atoms with E-state index in [2.05, 4.69) is 37.4 Å². The Morgan fingerprint density at radius 1 is 1.17 bits per heavy atom. The van der Waals surface area contributed by atoms with E-state index in [4.69, 9.17) is 4.99 Å². The number of carbonyl (C=O) groups excluding carboxylic acids is 1. The summed E-state index contributed by atoms with van der Waals surface area (Å²) in [6.07, 6.45) is 1.78. The van der Waals surface area contributed by atoms with Gasteiger partial charge >= 0.3 is 0 Å². The number of fused-ring (bicyclic) bond motifs is 2. The highest BCUT2D eigenvalue weighted by Gasteiger charge is 2.18. The van der Waals surface area contributed by atoms with Crippen molar-refractivity contribution in [3.8, 4) is 0 Å². The van der Waals surface area contributed by atoms with Crippen molar-refractivity contribution in [1.29, 1.82) is 0 Å². The van der Waals surface area contributed by atoms with Gasteiger partial charge in [-0.15, -0.1) is 0 Å². The number of amides is 1. The van der Waals surface area contributed by atoms with E-state index in [-0.39, 0.29) is 11.9 Å². The number of aliphatic imine (C=N–C) groups is 1. The van der Waals surface area contributed by atoms with Gasteiger partial charge in [0.05, 0.1) is 5.69 Å². The molecule has 3 rings (SSSR count). The van der Waals surface area contributed by atoms with Gasteiger partial charge in [0.2, 0.25) is 0 Å². The lowest BCUT2D eigenvalue weighted by atomic mass is 10.1. The van der Waals surface area contributed by atoms with E-state index in [1.807, 2.05) is 31.2 Å². The molecule has 1 aliphatic rings. The standard InChI is InChI=1S/C20H22N2OS/c1-4-13(3)21-20(23)14-10-11-19-17(12-14)22-16(5-2)15-8-6-7-9-18(15)24-19/h6-13H,4-5H2,1-3H3,(H,21,23). The first kappa shape index (κ1) is 16.8. The predicted molar refractivity (Wildman–Crippen MR) is 101 cm³/mol. The fourth-order valence-electron chi connectivity index (χ4n) is 2.63. The minimum absolute atomic E-state index is 0.0350. The smallest absolute Gasteiger partial charge is 0.251 e. The minimum Gasteiger partial charge on any atom is -0.350 e. The Hall–Kier alpha value is -2.07. The Balaban J connectivity index is 2.00. The number of hydrogen-bond acceptors (Lipinski definition) is 3. The number of rotatable bonds is 4. The summed E-state index contributed by atoms with van der Waals surface area (Å²) in [5.41, 5.74) is 3.80. The first-order valence-corrected chi connectivity index (χ1v) is 9.23. The first-order chi connectivity index (χ1) is 11.6. The lowest BCUT2D eigenvalue weighted by Gasteiger charge is -2.12. The molecular formula is C20H22N2OS. The molecule has 24 heavy (non-hydrogen) atoms. The molecular weight excluding hydrogens is 316 g/mol. The minimum atomic E-state index is -0.0350. The van der Waals surface area contributed by atoms with Crippen LogP contribution in [0.1, 0.15) is 49.5 Å². The molecule has 1 N–H and O–H groups in total. The van der Waals surface area contributed by atoms with Gasteiger partial charge in [-0.2, -0.15) is 0 Å². The molecule has 1 atom stereocenters. The molecule has 0 saturated heterocycles. The van der Waals surface area contributed by atoms with Gasteiger partial charge in [-0.25, -0.2) is 0 Å². The molecule has 1 heterocycles. The van der Waals surface area contributed by atoms with E-state index in [9.17, 15) is 4.79 Å². The lowest BCUT2D eigenvalue weighted by molar-refractivity contribution is 0.0939. The molecule has 1 unspecified atom stereocenters. The van der Waals surface area contributed by atoms with E-state index in [0.717, 1.165) is 29.1 Å². The van der Waals surface area contributed by atoms with Crippen molar-refractivity contribution in [2.75, 3.05) is 0 Å². The SMILES string of the molecule is CCC1=Nc2cc(C(=O)NC(C)CC)ccc2Sc2ccccc21. The molecule has 0 fully saturated rings. The Bertz CT molecular complexity index is 798. The summed E-state index contributed by atoms with van der Waals surface area (Å²) in [7, 11) is 0. The van der Waals surface area contributed by atoms with E-state index in [1.54, 1.807) is 11.8 Å². The molecule has 0 bridgehead atoms. The summed E-state index contributed by atoms with van der Waals surface area (Å²) in [6.45, 7) is 6.19. The maximum Gasteiger partial charge on any atom is 0.251 e. The van der Waals surface area contributed by atoms with Crippen molar-refractivity contribution in [2.45, 2.75) is 49.4 Å². The third-order valence-corrected chi connectivity index (χ3v) is 5.36. The summed E-state index contributed by atoms with van der Waals surface area (Å²) in [4.78, 5) is 19.6. The normalized spacial score (nSPS) is 14.0. The van der Waals surface area contributed by atoms with Crippen molar-refractivity contribution < 1.29 is 4.79 Å². The van der Waals surface area contributed by atoms with Crippen LogP contribution in [-0.2, 0) is 0 Å². The second kappa shape index (κ2) is 7.22. The molecule has 2 aromatic rings. The van der Waals surface area contributed by atoms with Crippen LogP contribution in [0.4, 0.5) is 5.69 Å². The highest BCUT2D eigenvalue weighted by atomic mass is 32.2. The average molecular weight is 338 g/mol. The van der Waals surface area contributed by atoms with Gasteiger partial charge in [0, 0.05) is 32.7 Å². The molecule has 0 radical (unpaired) electrons. The number of nitrogens with one attached hydrogen (secondary N) is 1. The van der Waals surface area contributed by atoms with Gasteiger partial charge in [0.1, 0.15) is 0 Å². The fraction of sp³-hybridized carbons (Fsp3) is 0.300. The molecule has 1 aliphatic heterocycles. The van der Waals surface area contributed by atoms with Gasteiger partial charge in [-0.1, -0.05) is 43.8 Å². The summed E-state index contributed by atoms with van der Waals surface area (Å²) < 4.78 is 0. The van der Waals surface area contributed by atoms with Crippen LogP contribution in [0.15, 0.2) is 57.2 Å². The Labute approximate surface area is 147 Å². The number of carbonyl (C=O) groups is 1. The quantitative estimate of drug-likeness (QED) is 0.831. The topological polar surface area (TPSA) is 41.5 Å². The van der Waals surface area contributed by atoms with Gasteiger partial charge in [-0.05, 0) is 44.0 Å². The van der Waals surface area contributed by atoms with E-state index < -0.39 is 0 Å². The highest BCUT2D eigenvalue weighted by molar-refractivity contribution is 7.99. The Morgan fingerprint density at radius 2 is 1.96 bits per heavy atom. The highest BCUT2D eigenvalue weighted by Crippen LogP contribution is 2.41. The monoisotopic (exact) mass is 338 g/mol. The van der Waals surface area contributed by atoms with Crippen molar-refractivity contribution >= 4 is 29.1 Å². The zero-order chi connectivity index (χ0) is 17.1. The van der Waals surface area contributed by atoms with Gasteiger partial charge in [0.25, 0.3) is 5.91 Å². The molecule has 2 aromatic carbocycles. The fourth-order valence-corrected chi connectivity index (χ4v) is 3.65. The summed E-state index contributed by atoms with van der Waals surface area (Å²) in [5, 5.41) is 3.02. The van der Waals surface area contributed by atoms with Crippen molar-refractivity contribution in [3.05, 3.63) is 53.6 Å². The van der Waals surface area contributed by atoms with Crippen LogP contribution in [0.3, 0.4) is 0 Å². The van der Waals surface area contributed by atoms with Crippen LogP contribution in [-0.4, -0.2) is 17.7 Å². The van der Waals surface area contributed by atoms with Crippen LogP contribution in [0.5, 0.6) is 0 Å². The zero-order valence-electron chi connectivity index (χ0n) is 14.3. The third kappa shape index (κ3) is 3.39. The average Bonchev–Trinajstić information content (AvgIpc) is 2.76. The molecule has 0 aliphatic carbocycles. The lowest BCUT2D eigenvalue weighted by Crippen LogP contribution is -2.31. The third-order valence-electron chi connectivity index (χ3n) is 4.22. The summed E-state index contributed by atoms with van der Waals surface area (Å²) in [5.74, 6) is -0.0350. The molecule has 3 nitrogen and oxygen atoms in total. The van der Waals surface area contributed by atoms with Crippen LogP contribution < -0.4 is 5.32 Å². The van der Waals surface area contributed by atoms with E-state index in [1.165, 1.54) is 10.5 Å². The Kier molecular flexibility index (Phi) is 5.05. The molecule has 1 amide bonds. The maximum absolute atomic E-state index is 12.4. The molecule has 4 heteroatoms. The van der Waals surface area contributed by atoms with Crippen LogP contribution in [0.25, 0.3) is 0 Å². The summed E-state index contributed by atoms with van der Waals surface area (Å²) in [6, 6.07) is 14.3. The molecule has 0 spiro atoms. The summed E-state index contributed by atoms with van der Waals surface area (Å²) >= 11 is 1.71. The first-order valence-electron chi connectivity index (χ1n) is 8.42. The van der Waals surface area contributed by atoms with Gasteiger partial charge in [0.15, 0.2) is 0 Å². The second-order valence-corrected chi connectivity index (χ2v) is 7.06. The number of hydrogen-bond donors (Lipinski definition) is 1. The Morgan fingerprint density at radius 3 is 2.71 bits per heavy atom. The largest absolute Gasteiger partial charge is 0.350 e. The van der Waals surface area contributed by atoms with Crippen molar-refractivity contribution in [1.82, 2.24) is 5.32 Å². The second-order valence-electron chi connectivity index (χ2n) is 5.98. The zero-order valence-corrected chi connectivity index (χ0v) is 15.1. The van der Waals surface area contributed by atoms with Crippen molar-refractivity contribution in [3.63, 3.8) is 0 Å². The van der Waals surface area contributed by atoms with Gasteiger partial charge in [-0.3, -0.25) is 9.79 Å². The van der Waals surface area contributed by atoms with Crippen LogP contribution in [0, 0.1) is 0 Å².